The maximum atomic E-state index is 13.4. The lowest BCUT2D eigenvalue weighted by atomic mass is 9.92. The summed E-state index contributed by atoms with van der Waals surface area (Å²) in [6.45, 7) is 3.64. The number of ether oxygens (including phenoxy) is 2. The smallest absolute Gasteiger partial charge is 0.330 e. The van der Waals surface area contributed by atoms with Gasteiger partial charge >= 0.3 is 11.9 Å². The van der Waals surface area contributed by atoms with Gasteiger partial charge in [0.1, 0.15) is 18.0 Å². The Morgan fingerprint density at radius 1 is 1.27 bits per heavy atom. The van der Waals surface area contributed by atoms with Crippen LogP contribution in [0, 0.1) is 0 Å². The molecule has 0 radical (unpaired) electrons. The van der Waals surface area contributed by atoms with Crippen molar-refractivity contribution >= 4 is 52.8 Å². The number of amides is 2. The van der Waals surface area contributed by atoms with Crippen LogP contribution in [-0.2, 0) is 33.4 Å². The molecule has 3 heterocycles. The van der Waals surface area contributed by atoms with Crippen LogP contribution in [0.25, 0.3) is 0 Å². The van der Waals surface area contributed by atoms with E-state index in [1.165, 1.54) is 46.6 Å². The Morgan fingerprint density at radius 2 is 1.92 bits per heavy atom. The zero-order chi connectivity index (χ0) is 27.9. The maximum Gasteiger partial charge on any atom is 0.330 e. The summed E-state index contributed by atoms with van der Waals surface area (Å²) in [7, 11) is 6.66. The molecule has 2 amide bonds. The van der Waals surface area contributed by atoms with Crippen LogP contribution in [-0.4, -0.2) is 107 Å². The number of esters is 1. The highest BCUT2D eigenvalue weighted by atomic mass is 32.2. The Morgan fingerprint density at radius 3 is 2.41 bits per heavy atom. The summed E-state index contributed by atoms with van der Waals surface area (Å²) in [5.41, 5.74) is -1.62. The molecule has 5 atom stereocenters. The number of carboxylic acids is 2. The zero-order valence-electron chi connectivity index (χ0n) is 21.4. The highest BCUT2D eigenvalue weighted by Crippen LogP contribution is 2.55. The van der Waals surface area contributed by atoms with E-state index >= 15 is 0 Å². The highest BCUT2D eigenvalue weighted by Gasteiger charge is 2.73. The third-order valence-electron chi connectivity index (χ3n) is 6.17. The minimum Gasteiger partial charge on any atom is -0.550 e. The van der Waals surface area contributed by atoms with Crippen LogP contribution in [0.2, 0.25) is 0 Å². The minimum absolute atomic E-state index is 0.203. The van der Waals surface area contributed by atoms with Crippen molar-refractivity contribution in [2.24, 2.45) is 0 Å². The maximum absolute atomic E-state index is 13.4. The van der Waals surface area contributed by atoms with Crippen molar-refractivity contribution in [2.75, 3.05) is 34.8 Å². The van der Waals surface area contributed by atoms with Crippen LogP contribution < -0.4 is 10.4 Å². The molecule has 1 aromatic rings. The lowest BCUT2D eigenvalue weighted by molar-refractivity contribution is -0.873. The monoisotopic (exact) mass is 557 g/mol. The number of nitrogens with zero attached hydrogens (tertiary/aromatic N) is 2. The number of hydrogen-bond donors (Lipinski definition) is 2. The topological polar surface area (TPSA) is 162 Å². The average molecular weight is 558 g/mol. The predicted octanol–water partition coefficient (Wildman–Crippen LogP) is -0.804. The fourth-order valence-corrected chi connectivity index (χ4v) is 6.99. The first-order valence-corrected chi connectivity index (χ1v) is 13.2. The van der Waals surface area contributed by atoms with Crippen molar-refractivity contribution in [3.8, 4) is 0 Å². The first kappa shape index (κ1) is 28.9. The van der Waals surface area contributed by atoms with E-state index in [4.69, 9.17) is 9.47 Å². The summed E-state index contributed by atoms with van der Waals surface area (Å²) in [6.07, 6.45) is -1.49. The van der Waals surface area contributed by atoms with Gasteiger partial charge in [-0.2, -0.15) is 11.3 Å². The molecule has 0 bridgehead atoms. The van der Waals surface area contributed by atoms with Crippen LogP contribution in [0.5, 0.6) is 0 Å². The minimum atomic E-state index is -1.88. The van der Waals surface area contributed by atoms with E-state index in [-0.39, 0.29) is 12.1 Å². The zero-order valence-corrected chi connectivity index (χ0v) is 23.0. The fraction of sp³-hybridized carbons (Fsp3) is 0.609. The Kier molecular flexibility index (Phi) is 7.99. The van der Waals surface area contributed by atoms with E-state index in [9.17, 15) is 34.2 Å². The number of aliphatic carboxylic acids is 2. The number of carboxylic acid groups (broad SMARTS) is 2. The third-order valence-corrected chi connectivity index (χ3v) is 8.49. The quantitative estimate of drug-likeness (QED) is 0.116. The van der Waals surface area contributed by atoms with E-state index in [0.29, 0.717) is 4.48 Å². The van der Waals surface area contributed by atoms with Crippen molar-refractivity contribution < 1.29 is 48.1 Å². The largest absolute Gasteiger partial charge is 0.550 e. The number of methoxy groups -OCH3 is 1. The Balaban J connectivity index is 1.84. The molecular formula is C23H31N3O9S2. The molecule has 2 aliphatic heterocycles. The first-order chi connectivity index (χ1) is 17.0. The second-order valence-corrected chi connectivity index (χ2v) is 13.1. The van der Waals surface area contributed by atoms with Crippen molar-refractivity contribution in [3.05, 3.63) is 22.4 Å². The third kappa shape index (κ3) is 5.61. The molecule has 0 aromatic carbocycles. The number of carbonyl (C=O) groups excluding carboxylic acids is 4. The first-order valence-electron chi connectivity index (χ1n) is 11.4. The number of β-lactam (4-membered cyclic amide) rings is 1. The predicted molar refractivity (Wildman–Crippen MR) is 131 cm³/mol. The van der Waals surface area contributed by atoms with E-state index in [0.717, 1.165) is 0 Å². The molecular weight excluding hydrogens is 526 g/mol. The number of quaternary nitrogens is 1. The molecule has 14 heteroatoms. The average Bonchev–Trinajstić information content (AvgIpc) is 3.34. The van der Waals surface area contributed by atoms with E-state index in [1.807, 2.05) is 21.1 Å². The van der Waals surface area contributed by atoms with Crippen molar-refractivity contribution in [2.45, 2.75) is 54.2 Å². The van der Waals surface area contributed by atoms with Gasteiger partial charge in [0.15, 0.2) is 12.0 Å². The normalized spacial score (nSPS) is 26.0. The van der Waals surface area contributed by atoms with Gasteiger partial charge in [-0.3, -0.25) is 14.4 Å². The number of fused-ring (bicyclic) bond motifs is 1. The molecule has 0 spiro atoms. The Labute approximate surface area is 222 Å². The summed E-state index contributed by atoms with van der Waals surface area (Å²) >= 11 is 2.42. The van der Waals surface area contributed by atoms with E-state index < -0.39 is 70.1 Å². The molecule has 3 rings (SSSR count). The number of hydrogen-bond acceptors (Lipinski definition) is 10. The van der Waals surface area contributed by atoms with Crippen LogP contribution in [0.3, 0.4) is 0 Å². The fourth-order valence-electron chi connectivity index (χ4n) is 4.63. The van der Waals surface area contributed by atoms with E-state index in [2.05, 4.69) is 5.32 Å². The number of nitrogens with one attached hydrogen (secondary N) is 1. The van der Waals surface area contributed by atoms with Crippen LogP contribution in [0.1, 0.15) is 31.7 Å². The number of thiophene rings is 1. The molecule has 2 fully saturated rings. The van der Waals surface area contributed by atoms with Gasteiger partial charge in [0, 0.05) is 24.2 Å². The van der Waals surface area contributed by atoms with Crippen molar-refractivity contribution in [3.63, 3.8) is 0 Å². The second kappa shape index (κ2) is 10.2. The number of thioether (sulfide) groups is 1. The number of rotatable bonds is 11. The lowest BCUT2D eigenvalue weighted by Gasteiger charge is -2.51. The second-order valence-electron chi connectivity index (χ2n) is 10.6. The SMILES string of the molecule is CO[C@@]1(NC(=O)C(C(=O)O)c2ccsc2)C(=O)N2[C@@H](C(=O)OC(CC(=O)[O-])C[N+](C)(C)C)C(C)(C)S[C@@H]21. The van der Waals surface area contributed by atoms with Crippen LogP contribution in [0.15, 0.2) is 16.8 Å². The van der Waals surface area contributed by atoms with Crippen LogP contribution in [0.4, 0.5) is 0 Å². The molecule has 0 saturated carbocycles. The number of carbonyl (C=O) groups is 5. The van der Waals surface area contributed by atoms with Gasteiger partial charge in [0.2, 0.25) is 5.91 Å². The highest BCUT2D eigenvalue weighted by molar-refractivity contribution is 8.01. The summed E-state index contributed by atoms with van der Waals surface area (Å²) in [6, 6.07) is 0.412. The number of likely N-dealkylation sites (N-methyl/N-ethyl adjacent to an activating group) is 1. The van der Waals surface area contributed by atoms with Gasteiger partial charge in [-0.05, 0) is 36.2 Å². The Hall–Kier alpha value is -2.68. The summed E-state index contributed by atoms with van der Waals surface area (Å²) in [5, 5.41) is 25.7. The summed E-state index contributed by atoms with van der Waals surface area (Å²) in [5.74, 6) is -6.76. The molecule has 37 heavy (non-hydrogen) atoms. The van der Waals surface area contributed by atoms with Crippen molar-refractivity contribution in [1.29, 1.82) is 0 Å². The molecule has 2 saturated heterocycles. The van der Waals surface area contributed by atoms with Crippen LogP contribution >= 0.6 is 23.1 Å². The van der Waals surface area contributed by atoms with Gasteiger partial charge in [0.05, 0.1) is 21.1 Å². The molecule has 0 aliphatic carbocycles. The molecule has 204 valence electrons. The molecule has 1 aromatic heterocycles. The van der Waals surface area contributed by atoms with E-state index in [1.54, 1.807) is 19.2 Å². The molecule has 2 N–H and O–H groups in total. The van der Waals surface area contributed by atoms with Gasteiger partial charge in [-0.15, -0.1) is 11.8 Å². The Bertz CT molecular complexity index is 1090. The lowest BCUT2D eigenvalue weighted by Crippen LogP contribution is -2.80. The van der Waals surface area contributed by atoms with Crippen molar-refractivity contribution in [1.82, 2.24) is 10.2 Å². The van der Waals surface area contributed by atoms with Gasteiger partial charge in [0.25, 0.3) is 11.6 Å². The van der Waals surface area contributed by atoms with Gasteiger partial charge in [-0.1, -0.05) is 0 Å². The summed E-state index contributed by atoms with van der Waals surface area (Å²) < 4.78 is 10.5. The summed E-state index contributed by atoms with van der Waals surface area (Å²) in [4.78, 5) is 64.1. The molecule has 12 nitrogen and oxygen atoms in total. The molecule has 2 aliphatic rings. The standard InChI is InChI=1S/C23H31N3O9S2/c1-22(2)16(19(32)35-13(9-14(27)28)10-26(3,4)5)25-20(33)23(34-6,21(25)37-22)24-17(29)15(18(30)31)12-7-8-36-11-12/h7-8,11,13,15-16,21H,9-10H2,1-6H3,(H2-,24,27,28,29,30,31)/t13?,15?,16-,21+,23-/m0/s1. The van der Waals surface area contributed by atoms with Gasteiger partial charge < -0.3 is 39.2 Å². The molecule has 2 unspecified atom stereocenters. The van der Waals surface area contributed by atoms with Gasteiger partial charge in [-0.25, -0.2) is 4.79 Å².